The van der Waals surface area contributed by atoms with Gasteiger partial charge in [0, 0.05) is 21.8 Å². The van der Waals surface area contributed by atoms with Crippen LogP contribution in [0.15, 0.2) is 66.7 Å². The van der Waals surface area contributed by atoms with Gasteiger partial charge in [-0.25, -0.2) is 4.39 Å². The summed E-state index contributed by atoms with van der Waals surface area (Å²) in [5.41, 5.74) is 0.754. The minimum Gasteiger partial charge on any atom is -0.322 e. The highest BCUT2D eigenvalue weighted by Crippen LogP contribution is 2.25. The van der Waals surface area contributed by atoms with Crippen LogP contribution in [0.4, 0.5) is 10.1 Å². The summed E-state index contributed by atoms with van der Waals surface area (Å²) in [4.78, 5) is 24.9. The maximum Gasteiger partial charge on any atom is 0.258 e. The lowest BCUT2D eigenvalue weighted by Gasteiger charge is -2.09. The Bertz CT molecular complexity index is 1000. The number of nitrogens with one attached hydrogen (secondary N) is 1. The van der Waals surface area contributed by atoms with Crippen molar-refractivity contribution in [2.45, 2.75) is 0 Å². The van der Waals surface area contributed by atoms with E-state index in [1.54, 1.807) is 30.3 Å². The molecule has 0 unspecified atom stereocenters. The molecule has 1 amide bonds. The average Bonchev–Trinajstić information content (AvgIpc) is 2.61. The monoisotopic (exact) mass is 387 g/mol. The molecule has 0 saturated carbocycles. The van der Waals surface area contributed by atoms with Gasteiger partial charge in [0.2, 0.25) is 0 Å². The zero-order valence-corrected chi connectivity index (χ0v) is 14.8. The first-order valence-electron chi connectivity index (χ1n) is 7.61. The van der Waals surface area contributed by atoms with Gasteiger partial charge in [0.1, 0.15) is 5.82 Å². The second kappa shape index (κ2) is 7.68. The molecule has 0 fully saturated rings. The van der Waals surface area contributed by atoms with Gasteiger partial charge in [-0.2, -0.15) is 0 Å². The minimum atomic E-state index is -0.639. The molecule has 0 aliphatic rings. The van der Waals surface area contributed by atoms with Crippen LogP contribution < -0.4 is 5.32 Å². The molecule has 6 heteroatoms. The number of anilines is 1. The standard InChI is InChI=1S/C20H12Cl2FNO2/c21-13-9-12(19(25)15-5-1-3-7-17(15)22)10-14(11-13)24-20(26)16-6-2-4-8-18(16)23/h1-11H,(H,24,26). The highest BCUT2D eigenvalue weighted by Gasteiger charge is 2.16. The molecule has 3 aromatic carbocycles. The number of ketones is 1. The lowest BCUT2D eigenvalue weighted by atomic mass is 10.0. The summed E-state index contributed by atoms with van der Waals surface area (Å²) in [6.45, 7) is 0. The third kappa shape index (κ3) is 3.93. The molecule has 0 bridgehead atoms. The molecule has 0 atom stereocenters. The van der Waals surface area contributed by atoms with Gasteiger partial charge in [-0.15, -0.1) is 0 Å². The van der Waals surface area contributed by atoms with Crippen molar-refractivity contribution in [1.29, 1.82) is 0 Å². The zero-order chi connectivity index (χ0) is 18.7. The highest BCUT2D eigenvalue weighted by molar-refractivity contribution is 6.35. The number of amides is 1. The minimum absolute atomic E-state index is 0.105. The predicted octanol–water partition coefficient (Wildman–Crippen LogP) is 5.62. The first kappa shape index (κ1) is 18.1. The number of carbonyl (C=O) groups is 2. The molecule has 3 nitrogen and oxygen atoms in total. The number of carbonyl (C=O) groups excluding carboxylic acids is 2. The van der Waals surface area contributed by atoms with Gasteiger partial charge in [-0.1, -0.05) is 47.5 Å². The van der Waals surface area contributed by atoms with E-state index in [0.717, 1.165) is 0 Å². The van der Waals surface area contributed by atoms with E-state index in [1.165, 1.54) is 36.4 Å². The van der Waals surface area contributed by atoms with Crippen LogP contribution in [0.2, 0.25) is 10.0 Å². The topological polar surface area (TPSA) is 46.2 Å². The van der Waals surface area contributed by atoms with Crippen LogP contribution in [-0.4, -0.2) is 11.7 Å². The lowest BCUT2D eigenvalue weighted by molar-refractivity contribution is 0.101. The quantitative estimate of drug-likeness (QED) is 0.590. The van der Waals surface area contributed by atoms with Crippen molar-refractivity contribution in [3.8, 4) is 0 Å². The fraction of sp³-hybridized carbons (Fsp3) is 0. The summed E-state index contributed by atoms with van der Waals surface area (Å²) >= 11 is 12.1. The molecule has 26 heavy (non-hydrogen) atoms. The number of halogens is 3. The summed E-state index contributed by atoms with van der Waals surface area (Å²) in [5, 5.41) is 3.12. The average molecular weight is 388 g/mol. The van der Waals surface area contributed by atoms with Gasteiger partial charge >= 0.3 is 0 Å². The fourth-order valence-electron chi connectivity index (χ4n) is 2.44. The van der Waals surface area contributed by atoms with E-state index in [-0.39, 0.29) is 27.6 Å². The van der Waals surface area contributed by atoms with Crippen molar-refractivity contribution >= 4 is 40.6 Å². The lowest BCUT2D eigenvalue weighted by Crippen LogP contribution is -2.14. The van der Waals surface area contributed by atoms with E-state index in [9.17, 15) is 14.0 Å². The Morgan fingerprint density at radius 2 is 1.50 bits per heavy atom. The van der Waals surface area contributed by atoms with Crippen LogP contribution in [-0.2, 0) is 0 Å². The van der Waals surface area contributed by atoms with Crippen molar-refractivity contribution in [3.05, 3.63) is 99.3 Å². The van der Waals surface area contributed by atoms with E-state index in [2.05, 4.69) is 5.32 Å². The van der Waals surface area contributed by atoms with Crippen LogP contribution in [0.3, 0.4) is 0 Å². The third-order valence-electron chi connectivity index (χ3n) is 3.65. The number of hydrogen-bond donors (Lipinski definition) is 1. The van der Waals surface area contributed by atoms with Crippen molar-refractivity contribution < 1.29 is 14.0 Å². The SMILES string of the molecule is O=C(Nc1cc(Cl)cc(C(=O)c2ccccc2Cl)c1)c1ccccc1F. The van der Waals surface area contributed by atoms with Crippen LogP contribution in [0.25, 0.3) is 0 Å². The molecule has 0 radical (unpaired) electrons. The fourth-order valence-corrected chi connectivity index (χ4v) is 2.89. The van der Waals surface area contributed by atoms with Gasteiger partial charge in [-0.05, 0) is 42.5 Å². The maximum absolute atomic E-state index is 13.7. The predicted molar refractivity (Wildman–Crippen MR) is 101 cm³/mol. The van der Waals surface area contributed by atoms with E-state index in [1.807, 2.05) is 0 Å². The van der Waals surface area contributed by atoms with Gasteiger partial charge in [0.25, 0.3) is 5.91 Å². The Balaban J connectivity index is 1.91. The zero-order valence-electron chi connectivity index (χ0n) is 13.3. The van der Waals surface area contributed by atoms with Crippen molar-refractivity contribution in [2.75, 3.05) is 5.32 Å². The normalized spacial score (nSPS) is 10.4. The van der Waals surface area contributed by atoms with Gasteiger partial charge < -0.3 is 5.32 Å². The molecule has 0 saturated heterocycles. The molecule has 0 aliphatic heterocycles. The second-order valence-electron chi connectivity index (χ2n) is 5.47. The largest absolute Gasteiger partial charge is 0.322 e. The van der Waals surface area contributed by atoms with Crippen LogP contribution in [0.1, 0.15) is 26.3 Å². The smallest absolute Gasteiger partial charge is 0.258 e. The Labute approximate surface area is 159 Å². The van der Waals surface area contributed by atoms with E-state index in [0.29, 0.717) is 10.6 Å². The molecule has 3 rings (SSSR count). The Kier molecular flexibility index (Phi) is 5.35. The molecule has 3 aromatic rings. The summed E-state index contributed by atoms with van der Waals surface area (Å²) in [5.74, 6) is -1.61. The van der Waals surface area contributed by atoms with Crippen molar-refractivity contribution in [3.63, 3.8) is 0 Å². The first-order valence-corrected chi connectivity index (χ1v) is 8.37. The summed E-state index contributed by atoms with van der Waals surface area (Å²) in [6.07, 6.45) is 0. The Hall–Kier alpha value is -2.69. The van der Waals surface area contributed by atoms with Crippen molar-refractivity contribution in [1.82, 2.24) is 0 Å². The van der Waals surface area contributed by atoms with Crippen LogP contribution in [0, 0.1) is 5.82 Å². The highest BCUT2D eigenvalue weighted by atomic mass is 35.5. The third-order valence-corrected chi connectivity index (χ3v) is 4.20. The van der Waals surface area contributed by atoms with Crippen molar-refractivity contribution in [2.24, 2.45) is 0 Å². The second-order valence-corrected chi connectivity index (χ2v) is 6.32. The number of hydrogen-bond acceptors (Lipinski definition) is 2. The number of benzene rings is 3. The Morgan fingerprint density at radius 3 is 2.19 bits per heavy atom. The molecule has 0 aliphatic carbocycles. The van der Waals surface area contributed by atoms with E-state index < -0.39 is 11.7 Å². The van der Waals surface area contributed by atoms with E-state index >= 15 is 0 Å². The molecular formula is C20H12Cl2FNO2. The molecule has 0 spiro atoms. The van der Waals surface area contributed by atoms with Gasteiger partial charge in [0.05, 0.1) is 10.6 Å². The van der Waals surface area contributed by atoms with Crippen LogP contribution >= 0.6 is 23.2 Å². The van der Waals surface area contributed by atoms with Crippen LogP contribution in [0.5, 0.6) is 0 Å². The molecule has 0 aromatic heterocycles. The molecule has 1 N–H and O–H groups in total. The van der Waals surface area contributed by atoms with Gasteiger partial charge in [0.15, 0.2) is 5.78 Å². The Morgan fingerprint density at radius 1 is 0.846 bits per heavy atom. The summed E-state index contributed by atoms with van der Waals surface area (Å²) in [7, 11) is 0. The molecule has 0 heterocycles. The molecular weight excluding hydrogens is 376 g/mol. The maximum atomic E-state index is 13.7. The van der Waals surface area contributed by atoms with Gasteiger partial charge in [-0.3, -0.25) is 9.59 Å². The van der Waals surface area contributed by atoms with E-state index in [4.69, 9.17) is 23.2 Å². The molecule has 130 valence electrons. The number of rotatable bonds is 4. The summed E-state index contributed by atoms with van der Waals surface area (Å²) in [6, 6.07) is 16.7. The first-order chi connectivity index (χ1) is 12.5. The summed E-state index contributed by atoms with van der Waals surface area (Å²) < 4.78 is 13.7.